The Labute approximate surface area is 117 Å². The zero-order chi connectivity index (χ0) is 13.5. The van der Waals surface area contributed by atoms with Crippen LogP contribution in [-0.4, -0.2) is 18.7 Å². The van der Waals surface area contributed by atoms with Crippen molar-refractivity contribution >= 4 is 29.2 Å². The largest absolute Gasteiger partial charge is 0.479 e. The summed E-state index contributed by atoms with van der Waals surface area (Å²) >= 11 is 11.7. The Morgan fingerprint density at radius 2 is 2.00 bits per heavy atom. The van der Waals surface area contributed by atoms with Gasteiger partial charge in [0.1, 0.15) is 5.75 Å². The zero-order valence-electron chi connectivity index (χ0n) is 10.4. The van der Waals surface area contributed by atoms with Crippen LogP contribution in [-0.2, 0) is 9.53 Å². The minimum Gasteiger partial charge on any atom is -0.479 e. The summed E-state index contributed by atoms with van der Waals surface area (Å²) in [6.45, 7) is 4.08. The number of hydrogen-bond donors (Lipinski definition) is 0. The van der Waals surface area contributed by atoms with Gasteiger partial charge in [0.25, 0.3) is 0 Å². The number of benzene rings is 1. The van der Waals surface area contributed by atoms with Crippen LogP contribution in [0, 0.1) is 0 Å². The Morgan fingerprint density at radius 1 is 1.28 bits per heavy atom. The molecule has 0 fully saturated rings. The van der Waals surface area contributed by atoms with E-state index in [-0.39, 0.29) is 5.97 Å². The van der Waals surface area contributed by atoms with Gasteiger partial charge in [-0.05, 0) is 25.5 Å². The normalized spacial score (nSPS) is 12.0. The molecule has 0 aliphatic rings. The molecule has 0 saturated carbocycles. The molecule has 1 rings (SSSR count). The molecule has 100 valence electrons. The fraction of sp³-hybridized carbons (Fsp3) is 0.462. The van der Waals surface area contributed by atoms with Crippen molar-refractivity contribution in [3.8, 4) is 5.75 Å². The first kappa shape index (κ1) is 15.1. The van der Waals surface area contributed by atoms with Gasteiger partial charge < -0.3 is 9.47 Å². The van der Waals surface area contributed by atoms with Crippen molar-refractivity contribution < 1.29 is 14.3 Å². The second-order valence-corrected chi connectivity index (χ2v) is 4.54. The van der Waals surface area contributed by atoms with Crippen molar-refractivity contribution in [2.75, 3.05) is 6.61 Å². The molecule has 0 amide bonds. The lowest BCUT2D eigenvalue weighted by Crippen LogP contribution is -2.29. The molecule has 0 saturated heterocycles. The zero-order valence-corrected chi connectivity index (χ0v) is 11.9. The van der Waals surface area contributed by atoms with Crippen LogP contribution in [0.4, 0.5) is 0 Å². The number of carbonyl (C=O) groups is 1. The molecular formula is C13H16Cl2O3. The Balaban J connectivity index is 2.76. The van der Waals surface area contributed by atoms with Crippen LogP contribution in [0.15, 0.2) is 18.2 Å². The van der Waals surface area contributed by atoms with E-state index >= 15 is 0 Å². The standard InChI is InChI=1S/C13H16Cl2O3/c1-3-5-12(13(16)17-4-2)18-9-6-7-10(14)11(15)8-9/h6-8,12H,3-5H2,1-2H3. The van der Waals surface area contributed by atoms with Gasteiger partial charge in [-0.2, -0.15) is 0 Å². The maximum absolute atomic E-state index is 11.7. The maximum Gasteiger partial charge on any atom is 0.347 e. The first-order valence-electron chi connectivity index (χ1n) is 5.86. The van der Waals surface area contributed by atoms with Gasteiger partial charge in [0.05, 0.1) is 16.7 Å². The quantitative estimate of drug-likeness (QED) is 0.740. The fourth-order valence-electron chi connectivity index (χ4n) is 1.44. The molecule has 18 heavy (non-hydrogen) atoms. The molecule has 5 heteroatoms. The Hall–Kier alpha value is -0.930. The molecule has 1 aromatic rings. The van der Waals surface area contributed by atoms with Gasteiger partial charge in [0.2, 0.25) is 0 Å². The minimum absolute atomic E-state index is 0.337. The number of halogens is 2. The number of rotatable bonds is 6. The topological polar surface area (TPSA) is 35.5 Å². The molecule has 0 bridgehead atoms. The summed E-state index contributed by atoms with van der Waals surface area (Å²) in [4.78, 5) is 11.7. The highest BCUT2D eigenvalue weighted by Crippen LogP contribution is 2.27. The van der Waals surface area contributed by atoms with Crippen LogP contribution < -0.4 is 4.74 Å². The van der Waals surface area contributed by atoms with Crippen molar-refractivity contribution in [1.29, 1.82) is 0 Å². The predicted molar refractivity (Wildman–Crippen MR) is 72.4 cm³/mol. The average Bonchev–Trinajstić information content (AvgIpc) is 2.33. The summed E-state index contributed by atoms with van der Waals surface area (Å²) in [6.07, 6.45) is 0.816. The van der Waals surface area contributed by atoms with Gasteiger partial charge in [0, 0.05) is 6.07 Å². The third kappa shape index (κ3) is 4.39. The van der Waals surface area contributed by atoms with Crippen LogP contribution in [0.25, 0.3) is 0 Å². The smallest absolute Gasteiger partial charge is 0.347 e. The van der Waals surface area contributed by atoms with E-state index in [9.17, 15) is 4.79 Å². The average molecular weight is 291 g/mol. The number of esters is 1. The van der Waals surface area contributed by atoms with Crippen LogP contribution in [0.2, 0.25) is 10.0 Å². The highest BCUT2D eigenvalue weighted by atomic mass is 35.5. The molecule has 0 aliphatic carbocycles. The van der Waals surface area contributed by atoms with E-state index in [0.717, 1.165) is 6.42 Å². The molecule has 0 spiro atoms. The van der Waals surface area contributed by atoms with E-state index < -0.39 is 6.10 Å². The SMILES string of the molecule is CCCC(Oc1ccc(Cl)c(Cl)c1)C(=O)OCC. The molecule has 0 radical (unpaired) electrons. The highest BCUT2D eigenvalue weighted by molar-refractivity contribution is 6.42. The van der Waals surface area contributed by atoms with Crippen molar-refractivity contribution in [2.45, 2.75) is 32.8 Å². The van der Waals surface area contributed by atoms with E-state index in [1.54, 1.807) is 25.1 Å². The lowest BCUT2D eigenvalue weighted by atomic mass is 10.2. The Bertz CT molecular complexity index is 407. The van der Waals surface area contributed by atoms with Gasteiger partial charge in [-0.1, -0.05) is 36.5 Å². The third-order valence-corrected chi connectivity index (χ3v) is 3.01. The highest BCUT2D eigenvalue weighted by Gasteiger charge is 2.21. The first-order valence-corrected chi connectivity index (χ1v) is 6.62. The molecule has 3 nitrogen and oxygen atoms in total. The third-order valence-electron chi connectivity index (χ3n) is 2.27. The molecule has 1 aromatic carbocycles. The predicted octanol–water partition coefficient (Wildman–Crippen LogP) is 4.10. The van der Waals surface area contributed by atoms with Gasteiger partial charge in [0.15, 0.2) is 6.10 Å². The van der Waals surface area contributed by atoms with Crippen LogP contribution in [0.1, 0.15) is 26.7 Å². The number of hydrogen-bond acceptors (Lipinski definition) is 3. The van der Waals surface area contributed by atoms with E-state index in [2.05, 4.69) is 0 Å². The van der Waals surface area contributed by atoms with E-state index in [0.29, 0.717) is 28.8 Å². The summed E-state index contributed by atoms with van der Waals surface area (Å²) < 4.78 is 10.5. The maximum atomic E-state index is 11.7. The molecule has 0 aromatic heterocycles. The first-order chi connectivity index (χ1) is 8.58. The summed E-state index contributed by atoms with van der Waals surface area (Å²) in [6, 6.07) is 4.90. The second-order valence-electron chi connectivity index (χ2n) is 3.72. The van der Waals surface area contributed by atoms with E-state index in [1.165, 1.54) is 0 Å². The summed E-state index contributed by atoms with van der Waals surface area (Å²) in [5, 5.41) is 0.848. The van der Waals surface area contributed by atoms with Crippen LogP contribution in [0.5, 0.6) is 5.75 Å². The van der Waals surface area contributed by atoms with Crippen molar-refractivity contribution in [3.63, 3.8) is 0 Å². The molecular weight excluding hydrogens is 275 g/mol. The Morgan fingerprint density at radius 3 is 2.56 bits per heavy atom. The molecule has 0 N–H and O–H groups in total. The van der Waals surface area contributed by atoms with Gasteiger partial charge in [-0.15, -0.1) is 0 Å². The number of ether oxygens (including phenoxy) is 2. The van der Waals surface area contributed by atoms with Crippen molar-refractivity contribution in [2.24, 2.45) is 0 Å². The summed E-state index contributed by atoms with van der Waals surface area (Å²) in [5.41, 5.74) is 0. The van der Waals surface area contributed by atoms with Gasteiger partial charge >= 0.3 is 5.97 Å². The molecule has 1 unspecified atom stereocenters. The second kappa shape index (κ2) is 7.49. The lowest BCUT2D eigenvalue weighted by Gasteiger charge is -2.17. The van der Waals surface area contributed by atoms with Gasteiger partial charge in [-0.3, -0.25) is 0 Å². The number of carbonyl (C=O) groups excluding carboxylic acids is 1. The minimum atomic E-state index is -0.604. The monoisotopic (exact) mass is 290 g/mol. The van der Waals surface area contributed by atoms with Gasteiger partial charge in [-0.25, -0.2) is 4.79 Å². The Kier molecular flexibility index (Phi) is 6.30. The summed E-state index contributed by atoms with van der Waals surface area (Å²) in [7, 11) is 0. The van der Waals surface area contributed by atoms with Crippen molar-refractivity contribution in [1.82, 2.24) is 0 Å². The van der Waals surface area contributed by atoms with Crippen molar-refractivity contribution in [3.05, 3.63) is 28.2 Å². The molecule has 0 heterocycles. The molecule has 0 aliphatic heterocycles. The van der Waals surface area contributed by atoms with Crippen LogP contribution >= 0.6 is 23.2 Å². The molecule has 1 atom stereocenters. The summed E-state index contributed by atoms with van der Waals surface area (Å²) in [5.74, 6) is 0.154. The lowest BCUT2D eigenvalue weighted by molar-refractivity contribution is -0.151. The van der Waals surface area contributed by atoms with E-state index in [1.807, 2.05) is 6.92 Å². The fourth-order valence-corrected chi connectivity index (χ4v) is 1.72. The van der Waals surface area contributed by atoms with Crippen LogP contribution in [0.3, 0.4) is 0 Å². The van der Waals surface area contributed by atoms with E-state index in [4.69, 9.17) is 32.7 Å².